The molecule has 13 heteroatoms. The van der Waals surface area contributed by atoms with Crippen molar-refractivity contribution in [2.75, 3.05) is 29.7 Å². The first-order valence-corrected chi connectivity index (χ1v) is 8.53. The van der Waals surface area contributed by atoms with Crippen LogP contribution in [0.25, 0.3) is 11.1 Å². The molecule has 0 spiro atoms. The van der Waals surface area contributed by atoms with E-state index in [1.54, 1.807) is 6.07 Å². The Kier molecular flexibility index (Phi) is 5.22. The van der Waals surface area contributed by atoms with Gasteiger partial charge in [0.1, 0.15) is 23.6 Å². The van der Waals surface area contributed by atoms with Gasteiger partial charge in [-0.1, -0.05) is 11.6 Å². The SMILES string of the molecule is COc1cc2nc(NC(=O)CN(N)c3c(N)n(C)c(=O)n(C)c3=O)oc2cc1Cl. The van der Waals surface area contributed by atoms with Gasteiger partial charge in [-0.05, 0) is 0 Å². The van der Waals surface area contributed by atoms with Crippen LogP contribution in [-0.4, -0.2) is 33.7 Å². The maximum atomic E-state index is 12.3. The third kappa shape index (κ3) is 3.62. The summed E-state index contributed by atoms with van der Waals surface area (Å²) in [5.41, 5.74) is 5.03. The Morgan fingerprint density at radius 1 is 1.34 bits per heavy atom. The van der Waals surface area contributed by atoms with Crippen molar-refractivity contribution < 1.29 is 13.9 Å². The number of nitrogen functional groups attached to an aromatic ring is 1. The highest BCUT2D eigenvalue weighted by atomic mass is 35.5. The Morgan fingerprint density at radius 3 is 2.69 bits per heavy atom. The average molecular weight is 424 g/mol. The number of halogens is 1. The van der Waals surface area contributed by atoms with Gasteiger partial charge in [-0.15, -0.1) is 0 Å². The maximum Gasteiger partial charge on any atom is 0.332 e. The summed E-state index contributed by atoms with van der Waals surface area (Å²) >= 11 is 6.03. The maximum absolute atomic E-state index is 12.3. The van der Waals surface area contributed by atoms with Gasteiger partial charge in [-0.3, -0.25) is 29.0 Å². The van der Waals surface area contributed by atoms with Crippen molar-refractivity contribution in [2.45, 2.75) is 0 Å². The number of benzene rings is 1. The highest BCUT2D eigenvalue weighted by Crippen LogP contribution is 2.31. The lowest BCUT2D eigenvalue weighted by Gasteiger charge is -2.20. The quantitative estimate of drug-likeness (QED) is 0.372. The number of methoxy groups -OCH3 is 1. The number of fused-ring (bicyclic) bond motifs is 1. The number of carbonyl (C=O) groups excluding carboxylic acids is 1. The fourth-order valence-electron chi connectivity index (χ4n) is 2.64. The molecule has 0 saturated heterocycles. The van der Waals surface area contributed by atoms with Gasteiger partial charge in [-0.25, -0.2) is 10.6 Å². The molecule has 154 valence electrons. The van der Waals surface area contributed by atoms with Crippen LogP contribution in [0.15, 0.2) is 26.1 Å². The van der Waals surface area contributed by atoms with E-state index in [-0.39, 0.29) is 17.5 Å². The Labute approximate surface area is 168 Å². The van der Waals surface area contributed by atoms with Gasteiger partial charge in [0, 0.05) is 26.2 Å². The zero-order valence-corrected chi connectivity index (χ0v) is 16.5. The van der Waals surface area contributed by atoms with E-state index >= 15 is 0 Å². The molecule has 1 amide bonds. The minimum Gasteiger partial charge on any atom is -0.495 e. The third-order valence-electron chi connectivity index (χ3n) is 4.19. The highest BCUT2D eigenvalue weighted by Gasteiger charge is 2.20. The molecule has 0 bridgehead atoms. The monoisotopic (exact) mass is 423 g/mol. The molecular formula is C16H18ClN7O5. The van der Waals surface area contributed by atoms with Crippen LogP contribution < -0.4 is 37.9 Å². The second-order valence-electron chi connectivity index (χ2n) is 6.09. The van der Waals surface area contributed by atoms with Crippen molar-refractivity contribution in [3.05, 3.63) is 38.0 Å². The number of oxazole rings is 1. The molecule has 2 heterocycles. The molecule has 3 rings (SSSR count). The van der Waals surface area contributed by atoms with Crippen LogP contribution in [0.4, 0.5) is 17.5 Å². The number of ether oxygens (including phenoxy) is 1. The fourth-order valence-corrected chi connectivity index (χ4v) is 2.88. The lowest BCUT2D eigenvalue weighted by atomic mass is 10.3. The van der Waals surface area contributed by atoms with Crippen LogP contribution in [0.2, 0.25) is 5.02 Å². The van der Waals surface area contributed by atoms with Gasteiger partial charge >= 0.3 is 11.7 Å². The van der Waals surface area contributed by atoms with Gasteiger partial charge in [0.25, 0.3) is 5.56 Å². The molecule has 2 aromatic heterocycles. The van der Waals surface area contributed by atoms with Crippen LogP contribution in [0.3, 0.4) is 0 Å². The van der Waals surface area contributed by atoms with Gasteiger partial charge in [-0.2, -0.15) is 4.98 Å². The summed E-state index contributed by atoms with van der Waals surface area (Å²) in [6.45, 7) is -0.458. The van der Waals surface area contributed by atoms with E-state index in [1.807, 2.05) is 0 Å². The number of amides is 1. The van der Waals surface area contributed by atoms with Gasteiger partial charge in [0.2, 0.25) is 5.91 Å². The molecule has 0 aliphatic carbocycles. The van der Waals surface area contributed by atoms with Crippen LogP contribution in [-0.2, 0) is 18.9 Å². The molecule has 0 saturated carbocycles. The summed E-state index contributed by atoms with van der Waals surface area (Å²) in [6, 6.07) is 2.97. The summed E-state index contributed by atoms with van der Waals surface area (Å²) in [7, 11) is 4.12. The first-order chi connectivity index (χ1) is 13.6. The third-order valence-corrected chi connectivity index (χ3v) is 4.49. The molecule has 3 aromatic rings. The molecule has 0 unspecified atom stereocenters. The standard InChI is InChI=1S/C16H18ClN7O5/c1-22-13(18)12(14(26)23(2)16(22)27)24(19)6-11(25)21-15-20-8-5-9(28-3)7(17)4-10(8)29-15/h4-5H,6,18-19H2,1-3H3,(H,20,21,25). The van der Waals surface area contributed by atoms with E-state index < -0.39 is 23.7 Å². The minimum absolute atomic E-state index is 0.0935. The van der Waals surface area contributed by atoms with Crippen molar-refractivity contribution in [3.63, 3.8) is 0 Å². The van der Waals surface area contributed by atoms with E-state index in [0.717, 1.165) is 14.1 Å². The number of hydrogen-bond acceptors (Lipinski definition) is 9. The molecule has 1 aromatic carbocycles. The molecule has 0 atom stereocenters. The average Bonchev–Trinajstić information content (AvgIpc) is 3.04. The summed E-state index contributed by atoms with van der Waals surface area (Å²) < 4.78 is 12.4. The first-order valence-electron chi connectivity index (χ1n) is 8.15. The van der Waals surface area contributed by atoms with Gasteiger partial charge in [0.15, 0.2) is 11.3 Å². The van der Waals surface area contributed by atoms with E-state index in [4.69, 9.17) is 32.3 Å². The van der Waals surface area contributed by atoms with Crippen LogP contribution >= 0.6 is 11.6 Å². The molecule has 0 radical (unpaired) electrons. The number of rotatable bonds is 5. The predicted octanol–water partition coefficient (Wildman–Crippen LogP) is -0.212. The van der Waals surface area contributed by atoms with Crippen molar-refractivity contribution in [3.8, 4) is 5.75 Å². The lowest BCUT2D eigenvalue weighted by Crippen LogP contribution is -2.47. The Morgan fingerprint density at radius 2 is 2.03 bits per heavy atom. The van der Waals surface area contributed by atoms with Crippen molar-refractivity contribution in [2.24, 2.45) is 19.9 Å². The number of nitrogens with zero attached hydrogens (tertiary/aromatic N) is 4. The number of nitrogens with one attached hydrogen (secondary N) is 1. The Bertz CT molecular complexity index is 1230. The smallest absolute Gasteiger partial charge is 0.332 e. The largest absolute Gasteiger partial charge is 0.495 e. The number of carbonyl (C=O) groups is 1. The van der Waals surface area contributed by atoms with Crippen LogP contribution in [0, 0.1) is 0 Å². The molecule has 0 fully saturated rings. The second-order valence-corrected chi connectivity index (χ2v) is 6.50. The second kappa shape index (κ2) is 7.48. The molecular weight excluding hydrogens is 406 g/mol. The summed E-state index contributed by atoms with van der Waals surface area (Å²) in [5, 5.41) is 3.59. The number of anilines is 3. The van der Waals surface area contributed by atoms with Gasteiger partial charge < -0.3 is 14.9 Å². The van der Waals surface area contributed by atoms with Gasteiger partial charge in [0.05, 0.1) is 12.1 Å². The summed E-state index contributed by atoms with van der Waals surface area (Å²) in [4.78, 5) is 40.6. The molecule has 0 aliphatic heterocycles. The van der Waals surface area contributed by atoms with E-state index in [2.05, 4.69) is 10.3 Å². The molecule has 0 aliphatic rings. The number of nitrogens with two attached hydrogens (primary N) is 2. The molecule has 29 heavy (non-hydrogen) atoms. The summed E-state index contributed by atoms with van der Waals surface area (Å²) in [6.07, 6.45) is 0. The van der Waals surface area contributed by atoms with E-state index in [0.29, 0.717) is 21.9 Å². The zero-order valence-electron chi connectivity index (χ0n) is 15.7. The number of hydrazine groups is 1. The highest BCUT2D eigenvalue weighted by molar-refractivity contribution is 6.32. The predicted molar refractivity (Wildman–Crippen MR) is 107 cm³/mol. The first kappa shape index (κ1) is 20.2. The lowest BCUT2D eigenvalue weighted by molar-refractivity contribution is -0.115. The van der Waals surface area contributed by atoms with Crippen LogP contribution in [0.5, 0.6) is 5.75 Å². The summed E-state index contributed by atoms with van der Waals surface area (Å²) in [5.74, 6) is 5.45. The fraction of sp³-hybridized carbons (Fsp3) is 0.250. The van der Waals surface area contributed by atoms with Crippen LogP contribution in [0.1, 0.15) is 0 Å². The van der Waals surface area contributed by atoms with E-state index in [9.17, 15) is 14.4 Å². The van der Waals surface area contributed by atoms with E-state index in [1.165, 1.54) is 27.3 Å². The molecule has 5 N–H and O–H groups in total. The minimum atomic E-state index is -0.732. The normalized spacial score (nSPS) is 10.9. The molecule has 12 nitrogen and oxygen atoms in total. The number of aromatic nitrogens is 3. The van der Waals surface area contributed by atoms with Crippen molar-refractivity contribution in [1.29, 1.82) is 0 Å². The number of hydrogen-bond donors (Lipinski definition) is 3. The Balaban J connectivity index is 1.82. The Hall–Kier alpha value is -3.51. The van der Waals surface area contributed by atoms with Crippen molar-refractivity contribution >= 4 is 46.1 Å². The topological polar surface area (TPSA) is 164 Å². The zero-order chi connectivity index (χ0) is 21.5. The van der Waals surface area contributed by atoms with Crippen molar-refractivity contribution in [1.82, 2.24) is 14.1 Å².